The van der Waals surface area contributed by atoms with Crippen LogP contribution in [0.15, 0.2) is 109 Å². The number of Topliss-reactive ketones (excluding diaryl/α,β-unsaturated/α-hetero) is 1. The fraction of sp³-hybridized carbons (Fsp3) is 0.477. The van der Waals surface area contributed by atoms with Gasteiger partial charge in [-0.05, 0) is 92.4 Å². The molecular formula is C44H51NO3. The molecule has 8 atom stereocenters. The van der Waals surface area contributed by atoms with E-state index in [1.165, 1.54) is 5.56 Å². The molecule has 3 aromatic rings. The molecule has 3 aromatic carbocycles. The maximum atomic E-state index is 15.0. The van der Waals surface area contributed by atoms with E-state index in [0.717, 1.165) is 73.8 Å². The summed E-state index contributed by atoms with van der Waals surface area (Å²) < 4.78 is 0. The summed E-state index contributed by atoms with van der Waals surface area (Å²) in [5.41, 5.74) is 3.26. The van der Waals surface area contributed by atoms with E-state index in [9.17, 15) is 15.0 Å². The van der Waals surface area contributed by atoms with Crippen LogP contribution in [-0.4, -0.2) is 52.7 Å². The Morgan fingerprint density at radius 3 is 2.15 bits per heavy atom. The standard InChI is InChI=1S/C44H51NO3/c1-40-22-18-35(46)28-42(40)25-26-44(36(29-42)39(47)34-16-14-33(15-17-34)32-12-8-5-9-13-32)37(40)19-23-41(2)38(44)20-24-43(41,48)30-45(3)27-21-31-10-6-4-7-11-31/h4-17,25-26,29,35,37-38,46,48H,18-24,27-28,30H2,1-3H3. The minimum absolute atomic E-state index is 0.0313. The van der Waals surface area contributed by atoms with Gasteiger partial charge in [0.25, 0.3) is 0 Å². The molecule has 48 heavy (non-hydrogen) atoms. The summed E-state index contributed by atoms with van der Waals surface area (Å²) in [6.45, 7) is 6.33. The number of hydrogen-bond donors (Lipinski definition) is 2. The molecule has 250 valence electrons. The fourth-order valence-corrected chi connectivity index (χ4v) is 11.7. The number of fused-ring (bicyclic) bond motifs is 1. The second-order valence-electron chi connectivity index (χ2n) is 16.6. The molecule has 6 aliphatic carbocycles. The molecule has 0 aromatic heterocycles. The van der Waals surface area contributed by atoms with Crippen LogP contribution in [0.4, 0.5) is 0 Å². The normalized spacial score (nSPS) is 37.9. The lowest BCUT2D eigenvalue weighted by Gasteiger charge is -2.71. The predicted octanol–water partition coefficient (Wildman–Crippen LogP) is 8.30. The number of carbonyl (C=O) groups is 1. The Labute approximate surface area is 286 Å². The summed E-state index contributed by atoms with van der Waals surface area (Å²) in [5.74, 6) is 0.574. The van der Waals surface area contributed by atoms with Gasteiger partial charge in [0.15, 0.2) is 5.78 Å². The zero-order valence-corrected chi connectivity index (χ0v) is 28.9. The highest BCUT2D eigenvalue weighted by atomic mass is 16.3. The van der Waals surface area contributed by atoms with Crippen molar-refractivity contribution in [2.24, 2.45) is 33.5 Å². The zero-order chi connectivity index (χ0) is 33.4. The van der Waals surface area contributed by atoms with E-state index in [1.807, 2.05) is 30.3 Å². The molecule has 4 nitrogen and oxygen atoms in total. The summed E-state index contributed by atoms with van der Waals surface area (Å²) in [7, 11) is 2.15. The van der Waals surface area contributed by atoms with Crippen LogP contribution in [0.1, 0.15) is 74.7 Å². The van der Waals surface area contributed by atoms with Gasteiger partial charge >= 0.3 is 0 Å². The maximum absolute atomic E-state index is 15.0. The molecule has 8 unspecified atom stereocenters. The summed E-state index contributed by atoms with van der Waals surface area (Å²) in [4.78, 5) is 17.3. The molecular weight excluding hydrogens is 590 g/mol. The van der Waals surface area contributed by atoms with Crippen LogP contribution in [0.3, 0.4) is 0 Å². The number of benzene rings is 3. The molecule has 9 rings (SSSR count). The van der Waals surface area contributed by atoms with Gasteiger partial charge in [-0.3, -0.25) is 4.79 Å². The van der Waals surface area contributed by atoms with Crippen LogP contribution < -0.4 is 0 Å². The fourth-order valence-electron chi connectivity index (χ4n) is 11.7. The Hall–Kier alpha value is -3.31. The lowest BCUT2D eigenvalue weighted by molar-refractivity contribution is -0.175. The average molecular weight is 642 g/mol. The summed E-state index contributed by atoms with van der Waals surface area (Å²) in [6, 6.07) is 29.1. The molecule has 3 saturated carbocycles. The molecule has 0 aliphatic heterocycles. The van der Waals surface area contributed by atoms with Crippen LogP contribution in [0.5, 0.6) is 0 Å². The quantitative estimate of drug-likeness (QED) is 0.192. The van der Waals surface area contributed by atoms with Gasteiger partial charge < -0.3 is 15.1 Å². The van der Waals surface area contributed by atoms with Crippen molar-refractivity contribution in [1.82, 2.24) is 4.90 Å². The molecule has 0 heterocycles. The third-order valence-corrected chi connectivity index (χ3v) is 14.4. The molecule has 0 amide bonds. The van der Waals surface area contributed by atoms with E-state index >= 15 is 0 Å². The summed E-state index contributed by atoms with van der Waals surface area (Å²) in [5, 5.41) is 23.8. The molecule has 0 saturated heterocycles. The molecule has 2 N–H and O–H groups in total. The largest absolute Gasteiger partial charge is 0.393 e. The molecule has 2 bridgehead atoms. The smallest absolute Gasteiger partial charge is 0.189 e. The van der Waals surface area contributed by atoms with E-state index < -0.39 is 11.0 Å². The summed E-state index contributed by atoms with van der Waals surface area (Å²) >= 11 is 0. The number of aliphatic hydroxyl groups is 2. The van der Waals surface area contributed by atoms with Gasteiger partial charge in [-0.25, -0.2) is 0 Å². The number of aliphatic hydroxyl groups excluding tert-OH is 1. The molecule has 3 fully saturated rings. The number of likely N-dealkylation sites (N-methyl/N-ethyl adjacent to an activating group) is 1. The third-order valence-electron chi connectivity index (χ3n) is 14.4. The van der Waals surface area contributed by atoms with Crippen molar-refractivity contribution in [2.75, 3.05) is 20.1 Å². The maximum Gasteiger partial charge on any atom is 0.189 e. The van der Waals surface area contributed by atoms with E-state index in [-0.39, 0.29) is 34.1 Å². The Morgan fingerprint density at radius 1 is 0.792 bits per heavy atom. The Kier molecular flexibility index (Phi) is 7.56. The van der Waals surface area contributed by atoms with Crippen LogP contribution in [-0.2, 0) is 6.42 Å². The van der Waals surface area contributed by atoms with Crippen molar-refractivity contribution in [3.63, 3.8) is 0 Å². The van der Waals surface area contributed by atoms with Gasteiger partial charge in [0, 0.05) is 40.5 Å². The Balaban J connectivity index is 1.16. The van der Waals surface area contributed by atoms with Gasteiger partial charge in [0.05, 0.1) is 11.7 Å². The molecule has 4 heteroatoms. The number of carbonyl (C=O) groups excluding carboxylic acids is 1. The first-order chi connectivity index (χ1) is 23.0. The first-order valence-corrected chi connectivity index (χ1v) is 18.3. The molecule has 0 radical (unpaired) electrons. The Morgan fingerprint density at radius 2 is 1.42 bits per heavy atom. The van der Waals surface area contributed by atoms with Crippen LogP contribution in [0.2, 0.25) is 0 Å². The number of rotatable bonds is 8. The SMILES string of the molecule is CN(CCc1ccccc1)CC1(O)CCC2C34C=CC5(C=C3C(=O)c3ccc(-c6ccccc6)cc3)CC(O)CCC5(C)C4CCC21C. The zero-order valence-electron chi connectivity index (χ0n) is 28.9. The second kappa shape index (κ2) is 11.4. The number of ketones is 1. The van der Waals surface area contributed by atoms with Gasteiger partial charge in [-0.15, -0.1) is 0 Å². The van der Waals surface area contributed by atoms with Crippen molar-refractivity contribution < 1.29 is 15.0 Å². The topological polar surface area (TPSA) is 60.8 Å². The highest BCUT2D eigenvalue weighted by Gasteiger charge is 2.74. The van der Waals surface area contributed by atoms with E-state index in [4.69, 9.17) is 0 Å². The summed E-state index contributed by atoms with van der Waals surface area (Å²) in [6.07, 6.45) is 13.8. The van der Waals surface area contributed by atoms with E-state index in [2.05, 4.69) is 98.6 Å². The van der Waals surface area contributed by atoms with Crippen LogP contribution in [0, 0.1) is 33.5 Å². The van der Waals surface area contributed by atoms with Crippen LogP contribution in [0.25, 0.3) is 11.1 Å². The van der Waals surface area contributed by atoms with E-state index in [1.54, 1.807) is 0 Å². The van der Waals surface area contributed by atoms with Crippen molar-refractivity contribution in [3.05, 3.63) is 120 Å². The third kappa shape index (κ3) is 4.55. The highest BCUT2D eigenvalue weighted by molar-refractivity contribution is 6.10. The van der Waals surface area contributed by atoms with Crippen molar-refractivity contribution in [2.45, 2.75) is 76.9 Å². The number of nitrogens with zero attached hydrogens (tertiary/aromatic N) is 1. The van der Waals surface area contributed by atoms with Crippen LogP contribution >= 0.6 is 0 Å². The molecule has 2 spiro atoms. The minimum atomic E-state index is -0.836. The number of hydrogen-bond acceptors (Lipinski definition) is 4. The van der Waals surface area contributed by atoms with Crippen molar-refractivity contribution in [1.29, 1.82) is 0 Å². The first-order valence-electron chi connectivity index (χ1n) is 18.3. The molecule has 6 aliphatic rings. The monoisotopic (exact) mass is 641 g/mol. The Bertz CT molecular complexity index is 1750. The van der Waals surface area contributed by atoms with Gasteiger partial charge in [0.2, 0.25) is 0 Å². The first kappa shape index (κ1) is 31.9. The van der Waals surface area contributed by atoms with Crippen molar-refractivity contribution >= 4 is 5.78 Å². The van der Waals surface area contributed by atoms with Gasteiger partial charge in [-0.1, -0.05) is 117 Å². The van der Waals surface area contributed by atoms with Gasteiger partial charge in [-0.2, -0.15) is 0 Å². The predicted molar refractivity (Wildman–Crippen MR) is 192 cm³/mol. The van der Waals surface area contributed by atoms with Crippen molar-refractivity contribution in [3.8, 4) is 11.1 Å². The van der Waals surface area contributed by atoms with E-state index in [0.29, 0.717) is 18.9 Å². The lowest BCUT2D eigenvalue weighted by atomic mass is 9.32. The minimum Gasteiger partial charge on any atom is -0.393 e. The van der Waals surface area contributed by atoms with Gasteiger partial charge in [0.1, 0.15) is 0 Å². The average Bonchev–Trinajstić information content (AvgIpc) is 3.37. The number of allylic oxidation sites excluding steroid dienone is 4. The second-order valence-corrected chi connectivity index (χ2v) is 16.6. The lowest BCUT2D eigenvalue weighted by Crippen LogP contribution is -2.67. The highest BCUT2D eigenvalue weighted by Crippen LogP contribution is 2.78.